The Morgan fingerprint density at radius 1 is 1.36 bits per heavy atom. The molecule has 0 aliphatic carbocycles. The molecule has 1 heterocycles. The fourth-order valence-corrected chi connectivity index (χ4v) is 2.34. The Morgan fingerprint density at radius 3 is 2.73 bits per heavy atom. The fourth-order valence-electron chi connectivity index (χ4n) is 2.34. The summed E-state index contributed by atoms with van der Waals surface area (Å²) >= 11 is 0. The smallest absolute Gasteiger partial charge is 0.257 e. The number of nitrogens with one attached hydrogen (secondary N) is 2. The predicted molar refractivity (Wildman–Crippen MR) is 85.3 cm³/mol. The number of methoxy groups -OCH3 is 1. The number of amides is 1. The van der Waals surface area contributed by atoms with Gasteiger partial charge in [-0.05, 0) is 19.4 Å². The zero-order chi connectivity index (χ0) is 16.1. The number of hydrogen-bond donors (Lipinski definition) is 2. The molecule has 0 saturated carbocycles. The van der Waals surface area contributed by atoms with E-state index in [1.807, 2.05) is 31.2 Å². The molecule has 1 aromatic carbocycles. The number of aryl methyl sites for hydroxylation is 1. The maximum atomic E-state index is 12.3. The van der Waals surface area contributed by atoms with Crippen LogP contribution in [0.5, 0.6) is 5.75 Å². The van der Waals surface area contributed by atoms with E-state index in [-0.39, 0.29) is 22.9 Å². The third-order valence-electron chi connectivity index (χ3n) is 3.53. The van der Waals surface area contributed by atoms with Gasteiger partial charge in [-0.25, -0.2) is 0 Å². The van der Waals surface area contributed by atoms with Crippen LogP contribution in [0.3, 0.4) is 0 Å². The van der Waals surface area contributed by atoms with Crippen molar-refractivity contribution in [1.29, 1.82) is 0 Å². The van der Waals surface area contributed by atoms with Crippen molar-refractivity contribution in [1.82, 2.24) is 10.3 Å². The standard InChI is InChI=1S/C17H20N2O3/c1-4-14(12-7-5-6-8-16(12)22-3)19-17(21)13-10-18-11(2)9-15(13)20/h5-10,14H,4H2,1-3H3,(H,18,20)(H,19,21). The first-order chi connectivity index (χ1) is 10.6. The summed E-state index contributed by atoms with van der Waals surface area (Å²) in [7, 11) is 1.60. The second-order valence-corrected chi connectivity index (χ2v) is 5.07. The lowest BCUT2D eigenvalue weighted by Crippen LogP contribution is -2.32. The molecule has 2 N–H and O–H groups in total. The van der Waals surface area contributed by atoms with Gasteiger partial charge < -0.3 is 15.0 Å². The normalized spacial score (nSPS) is 11.8. The van der Waals surface area contributed by atoms with Gasteiger partial charge in [-0.2, -0.15) is 0 Å². The van der Waals surface area contributed by atoms with Gasteiger partial charge in [0.15, 0.2) is 5.43 Å². The maximum absolute atomic E-state index is 12.3. The first-order valence-electron chi connectivity index (χ1n) is 7.20. The molecule has 0 fully saturated rings. The average molecular weight is 300 g/mol. The van der Waals surface area contributed by atoms with Crippen molar-refractivity contribution in [3.63, 3.8) is 0 Å². The van der Waals surface area contributed by atoms with E-state index in [0.717, 1.165) is 11.3 Å². The van der Waals surface area contributed by atoms with Crippen LogP contribution in [-0.2, 0) is 0 Å². The second kappa shape index (κ2) is 6.93. The molecule has 0 radical (unpaired) electrons. The van der Waals surface area contributed by atoms with Crippen molar-refractivity contribution < 1.29 is 9.53 Å². The Kier molecular flexibility index (Phi) is 4.99. The van der Waals surface area contributed by atoms with Crippen molar-refractivity contribution >= 4 is 5.91 Å². The Balaban J connectivity index is 2.26. The van der Waals surface area contributed by atoms with Gasteiger partial charge in [-0.3, -0.25) is 9.59 Å². The number of carbonyl (C=O) groups excluding carboxylic acids is 1. The lowest BCUT2D eigenvalue weighted by molar-refractivity contribution is 0.0933. The summed E-state index contributed by atoms with van der Waals surface area (Å²) in [5.41, 5.74) is 1.44. The van der Waals surface area contributed by atoms with Gasteiger partial charge in [0.05, 0.1) is 13.2 Å². The van der Waals surface area contributed by atoms with Crippen LogP contribution in [0.4, 0.5) is 0 Å². The lowest BCUT2D eigenvalue weighted by Gasteiger charge is -2.19. The number of rotatable bonds is 5. The average Bonchev–Trinajstić information content (AvgIpc) is 2.52. The van der Waals surface area contributed by atoms with Crippen molar-refractivity contribution in [2.24, 2.45) is 0 Å². The molecular formula is C17H20N2O3. The number of H-pyrrole nitrogens is 1. The van der Waals surface area contributed by atoms with E-state index in [4.69, 9.17) is 4.74 Å². The van der Waals surface area contributed by atoms with Gasteiger partial charge in [0.2, 0.25) is 0 Å². The predicted octanol–water partition coefficient (Wildman–Crippen LogP) is 2.57. The molecule has 1 amide bonds. The van der Waals surface area contributed by atoms with Gasteiger partial charge in [0.1, 0.15) is 11.3 Å². The topological polar surface area (TPSA) is 71.2 Å². The molecule has 116 valence electrons. The van der Waals surface area contributed by atoms with Crippen LogP contribution in [-0.4, -0.2) is 18.0 Å². The van der Waals surface area contributed by atoms with Crippen molar-refractivity contribution in [3.8, 4) is 5.75 Å². The Hall–Kier alpha value is -2.56. The highest BCUT2D eigenvalue weighted by Crippen LogP contribution is 2.26. The molecule has 0 aliphatic heterocycles. The highest BCUT2D eigenvalue weighted by molar-refractivity contribution is 5.94. The first kappa shape index (κ1) is 15.8. The minimum Gasteiger partial charge on any atom is -0.496 e. The largest absolute Gasteiger partial charge is 0.496 e. The molecule has 2 rings (SSSR count). The summed E-state index contributed by atoms with van der Waals surface area (Å²) in [4.78, 5) is 27.1. The maximum Gasteiger partial charge on any atom is 0.257 e. The number of ether oxygens (including phenoxy) is 1. The van der Waals surface area contributed by atoms with Crippen LogP contribution in [0.2, 0.25) is 0 Å². The number of benzene rings is 1. The Labute approximate surface area is 129 Å². The van der Waals surface area contributed by atoms with Crippen molar-refractivity contribution in [2.45, 2.75) is 26.3 Å². The van der Waals surface area contributed by atoms with Gasteiger partial charge >= 0.3 is 0 Å². The molecule has 0 bridgehead atoms. The Bertz CT molecular complexity index is 722. The summed E-state index contributed by atoms with van der Waals surface area (Å²) < 4.78 is 5.34. The van der Waals surface area contributed by atoms with Gasteiger partial charge in [-0.15, -0.1) is 0 Å². The third-order valence-corrected chi connectivity index (χ3v) is 3.53. The first-order valence-corrected chi connectivity index (χ1v) is 7.20. The summed E-state index contributed by atoms with van der Waals surface area (Å²) in [6.45, 7) is 3.74. The fraction of sp³-hybridized carbons (Fsp3) is 0.294. The number of aromatic nitrogens is 1. The molecular weight excluding hydrogens is 280 g/mol. The van der Waals surface area contributed by atoms with Crippen LogP contribution in [0, 0.1) is 6.92 Å². The van der Waals surface area contributed by atoms with Crippen LogP contribution >= 0.6 is 0 Å². The van der Waals surface area contributed by atoms with E-state index in [2.05, 4.69) is 10.3 Å². The van der Waals surface area contributed by atoms with E-state index >= 15 is 0 Å². The van der Waals surface area contributed by atoms with Gasteiger partial charge in [0, 0.05) is 23.5 Å². The van der Waals surface area contributed by atoms with Crippen LogP contribution in [0.25, 0.3) is 0 Å². The minimum atomic E-state index is -0.390. The van der Waals surface area contributed by atoms with E-state index in [9.17, 15) is 9.59 Å². The van der Waals surface area contributed by atoms with Crippen LogP contribution in [0.15, 0.2) is 41.3 Å². The number of hydrogen-bond acceptors (Lipinski definition) is 3. The van der Waals surface area contributed by atoms with Crippen molar-refractivity contribution in [3.05, 3.63) is 63.6 Å². The van der Waals surface area contributed by atoms with E-state index in [1.54, 1.807) is 14.0 Å². The zero-order valence-electron chi connectivity index (χ0n) is 13.0. The molecule has 22 heavy (non-hydrogen) atoms. The summed E-state index contributed by atoms with van der Waals surface area (Å²) in [5.74, 6) is 0.325. The molecule has 1 atom stereocenters. The Morgan fingerprint density at radius 2 is 2.09 bits per heavy atom. The van der Waals surface area contributed by atoms with Crippen LogP contribution in [0.1, 0.15) is 41.0 Å². The monoisotopic (exact) mass is 300 g/mol. The molecule has 0 spiro atoms. The van der Waals surface area contributed by atoms with Gasteiger partial charge in [-0.1, -0.05) is 25.1 Å². The number of aromatic amines is 1. The van der Waals surface area contributed by atoms with E-state index < -0.39 is 0 Å². The molecule has 1 unspecified atom stereocenters. The third kappa shape index (κ3) is 3.36. The second-order valence-electron chi connectivity index (χ2n) is 5.07. The summed E-state index contributed by atoms with van der Waals surface area (Å²) in [6, 6.07) is 8.73. The van der Waals surface area contributed by atoms with E-state index in [1.165, 1.54) is 12.3 Å². The zero-order valence-corrected chi connectivity index (χ0v) is 13.0. The molecule has 0 saturated heterocycles. The molecule has 5 nitrogen and oxygen atoms in total. The molecule has 2 aromatic rings. The SMILES string of the molecule is CCC(NC(=O)c1c[nH]c(C)cc1=O)c1ccccc1OC. The highest BCUT2D eigenvalue weighted by Gasteiger charge is 2.19. The quantitative estimate of drug-likeness (QED) is 0.891. The number of para-hydroxylation sites is 1. The molecule has 1 aromatic heterocycles. The minimum absolute atomic E-state index is 0.110. The van der Waals surface area contributed by atoms with Crippen molar-refractivity contribution in [2.75, 3.05) is 7.11 Å². The summed E-state index contributed by atoms with van der Waals surface area (Å²) in [5, 5.41) is 2.90. The summed E-state index contributed by atoms with van der Waals surface area (Å²) in [6.07, 6.45) is 2.14. The number of pyridine rings is 1. The number of carbonyl (C=O) groups is 1. The molecule has 5 heteroatoms. The molecule has 0 aliphatic rings. The lowest BCUT2D eigenvalue weighted by atomic mass is 10.0. The van der Waals surface area contributed by atoms with Gasteiger partial charge in [0.25, 0.3) is 5.91 Å². The van der Waals surface area contributed by atoms with Crippen LogP contribution < -0.4 is 15.5 Å². The van der Waals surface area contributed by atoms with E-state index in [0.29, 0.717) is 12.2 Å². The highest BCUT2D eigenvalue weighted by atomic mass is 16.5.